The summed E-state index contributed by atoms with van der Waals surface area (Å²) in [6, 6.07) is 3.69. The molecule has 0 aliphatic rings. The zero-order valence-corrected chi connectivity index (χ0v) is 10.5. The van der Waals surface area contributed by atoms with Gasteiger partial charge in [0, 0.05) is 11.7 Å². The van der Waals surface area contributed by atoms with E-state index in [2.05, 4.69) is 10.5 Å². The quantitative estimate of drug-likeness (QED) is 0.719. The van der Waals surface area contributed by atoms with Crippen molar-refractivity contribution in [3.05, 3.63) is 35.4 Å². The molecular formula is C12H15F2OSi. The van der Waals surface area contributed by atoms with Crippen molar-refractivity contribution >= 4 is 10.5 Å². The number of hydrogen-bond donors (Lipinski definition) is 0. The molecule has 0 amide bonds. The van der Waals surface area contributed by atoms with Crippen LogP contribution in [0.1, 0.15) is 32.3 Å². The molecule has 4 heteroatoms. The van der Waals surface area contributed by atoms with Crippen molar-refractivity contribution in [1.29, 1.82) is 0 Å². The van der Waals surface area contributed by atoms with E-state index < -0.39 is 11.6 Å². The Kier molecular flexibility index (Phi) is 4.62. The minimum Gasteiger partial charge on any atom is -0.414 e. The summed E-state index contributed by atoms with van der Waals surface area (Å²) in [6.45, 7) is 3.89. The van der Waals surface area contributed by atoms with Crippen molar-refractivity contribution in [3.63, 3.8) is 0 Å². The lowest BCUT2D eigenvalue weighted by Crippen LogP contribution is -2.23. The van der Waals surface area contributed by atoms with Crippen LogP contribution in [0.15, 0.2) is 18.2 Å². The molecule has 1 nitrogen and oxygen atoms in total. The van der Waals surface area contributed by atoms with E-state index >= 15 is 0 Å². The van der Waals surface area contributed by atoms with Crippen molar-refractivity contribution in [2.75, 3.05) is 0 Å². The first-order valence-corrected chi connectivity index (χ1v) is 5.64. The Morgan fingerprint density at radius 1 is 1.31 bits per heavy atom. The second-order valence-corrected chi connectivity index (χ2v) is 4.66. The lowest BCUT2D eigenvalue weighted by molar-refractivity contribution is 0.110. The van der Waals surface area contributed by atoms with Crippen LogP contribution in [0, 0.1) is 11.6 Å². The Balaban J connectivity index is 2.49. The van der Waals surface area contributed by atoms with Gasteiger partial charge in [0.25, 0.3) is 0 Å². The minimum atomic E-state index is -0.537. The third-order valence-electron chi connectivity index (χ3n) is 2.52. The Hall–Kier alpha value is -0.743. The van der Waals surface area contributed by atoms with Gasteiger partial charge in [-0.25, -0.2) is 8.78 Å². The highest BCUT2D eigenvalue weighted by Crippen LogP contribution is 2.18. The fraction of sp³-hybridized carbons (Fsp3) is 0.500. The van der Waals surface area contributed by atoms with Crippen LogP contribution < -0.4 is 0 Å². The zero-order chi connectivity index (χ0) is 12.2. The van der Waals surface area contributed by atoms with Crippen molar-refractivity contribution in [1.82, 2.24) is 0 Å². The molecule has 0 fully saturated rings. The Labute approximate surface area is 98.4 Å². The second kappa shape index (κ2) is 5.55. The fourth-order valence-corrected chi connectivity index (χ4v) is 1.58. The number of rotatable bonds is 5. The van der Waals surface area contributed by atoms with Gasteiger partial charge in [0.05, 0.1) is 0 Å². The molecule has 16 heavy (non-hydrogen) atoms. The van der Waals surface area contributed by atoms with Crippen molar-refractivity contribution in [2.24, 2.45) is 0 Å². The van der Waals surface area contributed by atoms with Crippen LogP contribution in [0.25, 0.3) is 0 Å². The first-order chi connectivity index (χ1) is 7.44. The zero-order valence-electron chi connectivity index (χ0n) is 9.52. The number of aryl methyl sites for hydroxylation is 1. The molecule has 0 spiro atoms. The van der Waals surface area contributed by atoms with E-state index in [0.29, 0.717) is 12.0 Å². The van der Waals surface area contributed by atoms with Gasteiger partial charge < -0.3 is 4.43 Å². The first kappa shape index (κ1) is 13.3. The smallest absolute Gasteiger partial charge is 0.246 e. The Morgan fingerprint density at radius 3 is 2.56 bits per heavy atom. The predicted molar refractivity (Wildman–Crippen MR) is 60.2 cm³/mol. The fourth-order valence-electron chi connectivity index (χ4n) is 1.48. The summed E-state index contributed by atoms with van der Waals surface area (Å²) in [5, 5.41) is 0. The summed E-state index contributed by atoms with van der Waals surface area (Å²) in [5.41, 5.74) is 0.277. The van der Waals surface area contributed by atoms with E-state index in [1.807, 2.05) is 13.8 Å². The van der Waals surface area contributed by atoms with E-state index in [9.17, 15) is 8.78 Å². The number of benzene rings is 1. The van der Waals surface area contributed by atoms with Crippen LogP contribution in [0.3, 0.4) is 0 Å². The molecular weight excluding hydrogens is 226 g/mol. The van der Waals surface area contributed by atoms with E-state index in [0.717, 1.165) is 18.9 Å². The summed E-state index contributed by atoms with van der Waals surface area (Å²) in [6.07, 6.45) is 2.18. The summed E-state index contributed by atoms with van der Waals surface area (Å²) in [5.74, 6) is -1.01. The average molecular weight is 241 g/mol. The number of hydrogen-bond acceptors (Lipinski definition) is 1. The standard InChI is InChI=1S/C12H15F2OSi/c1-12(2,15-16)7-3-4-9-5-6-10(13)8-11(9)14/h5-6,8H,3-4,7H2,1-2H3. The molecule has 0 heterocycles. The van der Waals surface area contributed by atoms with Gasteiger partial charge >= 0.3 is 0 Å². The van der Waals surface area contributed by atoms with Gasteiger partial charge in [-0.1, -0.05) is 6.07 Å². The van der Waals surface area contributed by atoms with E-state index in [-0.39, 0.29) is 5.60 Å². The normalized spacial score (nSPS) is 11.8. The molecule has 0 aliphatic carbocycles. The van der Waals surface area contributed by atoms with Gasteiger partial charge in [-0.05, 0) is 44.7 Å². The van der Waals surface area contributed by atoms with Gasteiger partial charge in [0.15, 0.2) is 0 Å². The van der Waals surface area contributed by atoms with Crippen LogP contribution in [0.5, 0.6) is 0 Å². The maximum Gasteiger partial charge on any atom is 0.246 e. The maximum absolute atomic E-state index is 13.3. The lowest BCUT2D eigenvalue weighted by atomic mass is 9.99. The van der Waals surface area contributed by atoms with Crippen molar-refractivity contribution in [3.8, 4) is 0 Å². The summed E-state index contributed by atoms with van der Waals surface area (Å²) in [7, 11) is 3.01. The Morgan fingerprint density at radius 2 is 2.00 bits per heavy atom. The molecule has 0 aromatic heterocycles. The molecule has 0 unspecified atom stereocenters. The topological polar surface area (TPSA) is 9.23 Å². The molecule has 87 valence electrons. The molecule has 1 aromatic rings. The van der Waals surface area contributed by atoms with Crippen LogP contribution >= 0.6 is 0 Å². The molecule has 0 N–H and O–H groups in total. The Bertz CT molecular complexity index is 353. The van der Waals surface area contributed by atoms with Crippen LogP contribution in [-0.2, 0) is 10.8 Å². The molecule has 0 saturated heterocycles. The van der Waals surface area contributed by atoms with Gasteiger partial charge in [-0.15, -0.1) is 0 Å². The second-order valence-electron chi connectivity index (χ2n) is 4.45. The van der Waals surface area contributed by atoms with E-state index in [1.54, 1.807) is 0 Å². The van der Waals surface area contributed by atoms with Gasteiger partial charge in [0.2, 0.25) is 10.5 Å². The SMILES string of the molecule is CC(C)(CCCc1ccc(F)cc1F)O[Si]. The lowest BCUT2D eigenvalue weighted by Gasteiger charge is -2.22. The largest absolute Gasteiger partial charge is 0.414 e. The average Bonchev–Trinajstić information content (AvgIpc) is 2.21. The molecule has 1 rings (SSSR count). The van der Waals surface area contributed by atoms with Crippen LogP contribution in [0.4, 0.5) is 8.78 Å². The number of halogens is 2. The summed E-state index contributed by atoms with van der Waals surface area (Å²) < 4.78 is 31.0. The van der Waals surface area contributed by atoms with Gasteiger partial charge in [0.1, 0.15) is 11.6 Å². The molecule has 0 bridgehead atoms. The molecule has 0 atom stereocenters. The molecule has 0 saturated carbocycles. The highest BCUT2D eigenvalue weighted by molar-refractivity contribution is 5.98. The first-order valence-electron chi connectivity index (χ1n) is 5.23. The van der Waals surface area contributed by atoms with Crippen molar-refractivity contribution in [2.45, 2.75) is 38.7 Å². The van der Waals surface area contributed by atoms with E-state index in [4.69, 9.17) is 4.43 Å². The van der Waals surface area contributed by atoms with Gasteiger partial charge in [-0.2, -0.15) is 0 Å². The van der Waals surface area contributed by atoms with Crippen molar-refractivity contribution < 1.29 is 13.2 Å². The van der Waals surface area contributed by atoms with E-state index in [1.165, 1.54) is 12.1 Å². The molecule has 1 aromatic carbocycles. The molecule has 0 aliphatic heterocycles. The highest BCUT2D eigenvalue weighted by atomic mass is 28.2. The van der Waals surface area contributed by atoms with Crippen LogP contribution in [0.2, 0.25) is 0 Å². The summed E-state index contributed by atoms with van der Waals surface area (Å²) in [4.78, 5) is 0. The molecule has 3 radical (unpaired) electrons. The summed E-state index contributed by atoms with van der Waals surface area (Å²) >= 11 is 0. The minimum absolute atomic E-state index is 0.270. The monoisotopic (exact) mass is 241 g/mol. The van der Waals surface area contributed by atoms with Crippen LogP contribution in [-0.4, -0.2) is 16.1 Å². The maximum atomic E-state index is 13.3. The highest BCUT2D eigenvalue weighted by Gasteiger charge is 2.15. The third kappa shape index (κ3) is 4.02. The van der Waals surface area contributed by atoms with Gasteiger partial charge in [-0.3, -0.25) is 0 Å². The third-order valence-corrected chi connectivity index (χ3v) is 3.07. The predicted octanol–water partition coefficient (Wildman–Crippen LogP) is 3.17.